The number of likely N-dealkylation sites (tertiary alicyclic amines) is 1. The molecular formula is C19H25F2N3O3. The third kappa shape index (κ3) is 6.09. The van der Waals surface area contributed by atoms with Crippen molar-refractivity contribution in [3.8, 4) is 0 Å². The molecule has 3 N–H and O–H groups in total. The Morgan fingerprint density at radius 2 is 1.89 bits per heavy atom. The van der Waals surface area contributed by atoms with E-state index in [1.807, 2.05) is 0 Å². The van der Waals surface area contributed by atoms with Gasteiger partial charge in [-0.25, -0.2) is 8.78 Å². The van der Waals surface area contributed by atoms with Crippen molar-refractivity contribution in [1.82, 2.24) is 10.2 Å². The predicted octanol–water partition coefficient (Wildman–Crippen LogP) is 1.77. The van der Waals surface area contributed by atoms with Gasteiger partial charge in [-0.15, -0.1) is 0 Å². The van der Waals surface area contributed by atoms with Gasteiger partial charge in [-0.2, -0.15) is 0 Å². The van der Waals surface area contributed by atoms with Gasteiger partial charge in [-0.1, -0.05) is 0 Å². The van der Waals surface area contributed by atoms with E-state index in [1.165, 1.54) is 6.07 Å². The Bertz CT molecular complexity index is 697. The van der Waals surface area contributed by atoms with Crippen molar-refractivity contribution in [2.75, 3.05) is 19.6 Å². The summed E-state index contributed by atoms with van der Waals surface area (Å²) in [6.07, 6.45) is 2.78. The molecule has 0 bridgehead atoms. The fourth-order valence-electron chi connectivity index (χ4n) is 3.17. The summed E-state index contributed by atoms with van der Waals surface area (Å²) in [4.78, 5) is 38.0. The number of ketones is 1. The van der Waals surface area contributed by atoms with Gasteiger partial charge in [-0.05, 0) is 37.5 Å². The van der Waals surface area contributed by atoms with Crippen LogP contribution in [0.1, 0.15) is 48.9 Å². The molecular weight excluding hydrogens is 356 g/mol. The van der Waals surface area contributed by atoms with Crippen LogP contribution in [0.15, 0.2) is 18.2 Å². The lowest BCUT2D eigenvalue weighted by Gasteiger charge is -2.36. The second-order valence-corrected chi connectivity index (χ2v) is 6.63. The molecule has 1 heterocycles. The van der Waals surface area contributed by atoms with Gasteiger partial charge in [0.1, 0.15) is 0 Å². The van der Waals surface area contributed by atoms with Gasteiger partial charge in [0.2, 0.25) is 11.8 Å². The maximum absolute atomic E-state index is 13.2. The number of benzene rings is 1. The van der Waals surface area contributed by atoms with Crippen molar-refractivity contribution in [2.45, 2.75) is 44.6 Å². The van der Waals surface area contributed by atoms with Crippen molar-refractivity contribution in [3.05, 3.63) is 35.4 Å². The number of carbonyl (C=O) groups is 3. The highest BCUT2D eigenvalue weighted by atomic mass is 19.2. The van der Waals surface area contributed by atoms with Gasteiger partial charge in [0.25, 0.3) is 0 Å². The summed E-state index contributed by atoms with van der Waals surface area (Å²) in [6.45, 7) is 1.21. The first kappa shape index (κ1) is 21.0. The Hall–Kier alpha value is -2.35. The standard InChI is InChI=1S/C19H25F2N3O3/c20-15-5-4-13(11-16(15)21)17(25)6-7-19(27)24-10-2-1-3-14(24)12-23-18(26)8-9-22/h4-5,11,14H,1-3,6-10,12,22H2,(H,23,26). The van der Waals surface area contributed by atoms with Crippen LogP contribution < -0.4 is 11.1 Å². The van der Waals surface area contributed by atoms with Crippen LogP contribution in [0, 0.1) is 11.6 Å². The van der Waals surface area contributed by atoms with E-state index >= 15 is 0 Å². The number of nitrogens with one attached hydrogen (secondary N) is 1. The zero-order valence-corrected chi connectivity index (χ0v) is 15.2. The number of halogens is 2. The van der Waals surface area contributed by atoms with Gasteiger partial charge >= 0.3 is 0 Å². The quantitative estimate of drug-likeness (QED) is 0.672. The van der Waals surface area contributed by atoms with E-state index < -0.39 is 17.4 Å². The summed E-state index contributed by atoms with van der Waals surface area (Å²) in [5, 5.41) is 2.78. The van der Waals surface area contributed by atoms with Crippen LogP contribution in [-0.4, -0.2) is 48.2 Å². The third-order valence-electron chi connectivity index (χ3n) is 4.66. The summed E-state index contributed by atoms with van der Waals surface area (Å²) in [6, 6.07) is 2.85. The number of Topliss-reactive ketones (excluding diaryl/α,β-unsaturated/α-hetero) is 1. The van der Waals surface area contributed by atoms with Crippen LogP contribution in [0.5, 0.6) is 0 Å². The molecule has 0 aromatic heterocycles. The molecule has 1 aliphatic rings. The molecule has 6 nitrogen and oxygen atoms in total. The number of amides is 2. The molecule has 1 saturated heterocycles. The number of carbonyl (C=O) groups excluding carboxylic acids is 3. The zero-order valence-electron chi connectivity index (χ0n) is 15.2. The van der Waals surface area contributed by atoms with Crippen LogP contribution >= 0.6 is 0 Å². The van der Waals surface area contributed by atoms with Gasteiger partial charge in [0.15, 0.2) is 17.4 Å². The smallest absolute Gasteiger partial charge is 0.223 e. The zero-order chi connectivity index (χ0) is 19.8. The first-order valence-electron chi connectivity index (χ1n) is 9.17. The molecule has 0 radical (unpaired) electrons. The summed E-state index contributed by atoms with van der Waals surface area (Å²) in [7, 11) is 0. The molecule has 2 amide bonds. The largest absolute Gasteiger partial charge is 0.354 e. The lowest BCUT2D eigenvalue weighted by Crippen LogP contribution is -2.49. The maximum atomic E-state index is 13.2. The number of nitrogens with two attached hydrogens (primary N) is 1. The molecule has 1 atom stereocenters. The topological polar surface area (TPSA) is 92.5 Å². The number of hydrogen-bond donors (Lipinski definition) is 2. The van der Waals surface area contributed by atoms with Crippen molar-refractivity contribution >= 4 is 17.6 Å². The lowest BCUT2D eigenvalue weighted by molar-refractivity contribution is -0.135. The number of piperidine rings is 1. The molecule has 27 heavy (non-hydrogen) atoms. The average Bonchev–Trinajstić information content (AvgIpc) is 2.66. The van der Waals surface area contributed by atoms with Crippen LogP contribution in [0.4, 0.5) is 8.78 Å². The van der Waals surface area contributed by atoms with Crippen LogP contribution in [-0.2, 0) is 9.59 Å². The summed E-state index contributed by atoms with van der Waals surface area (Å²) in [5.74, 6) is -2.84. The lowest BCUT2D eigenvalue weighted by atomic mass is 10.00. The summed E-state index contributed by atoms with van der Waals surface area (Å²) >= 11 is 0. The number of rotatable bonds is 8. The highest BCUT2D eigenvalue weighted by Crippen LogP contribution is 2.19. The number of nitrogens with zero attached hydrogens (tertiary/aromatic N) is 1. The molecule has 1 unspecified atom stereocenters. The highest BCUT2D eigenvalue weighted by molar-refractivity contribution is 5.98. The Labute approximate surface area is 157 Å². The Morgan fingerprint density at radius 1 is 1.11 bits per heavy atom. The summed E-state index contributed by atoms with van der Waals surface area (Å²) < 4.78 is 26.2. The van der Waals surface area contributed by atoms with E-state index in [9.17, 15) is 23.2 Å². The molecule has 1 aromatic carbocycles. The maximum Gasteiger partial charge on any atom is 0.223 e. The third-order valence-corrected chi connectivity index (χ3v) is 4.66. The predicted molar refractivity (Wildman–Crippen MR) is 96.0 cm³/mol. The van der Waals surface area contributed by atoms with Crippen LogP contribution in [0.2, 0.25) is 0 Å². The van der Waals surface area contributed by atoms with Crippen molar-refractivity contribution in [1.29, 1.82) is 0 Å². The van der Waals surface area contributed by atoms with E-state index in [0.29, 0.717) is 13.1 Å². The SMILES string of the molecule is NCCC(=O)NCC1CCCCN1C(=O)CCC(=O)c1ccc(F)c(F)c1. The molecule has 1 aromatic rings. The molecule has 8 heteroatoms. The Balaban J connectivity index is 1.89. The highest BCUT2D eigenvalue weighted by Gasteiger charge is 2.27. The minimum absolute atomic E-state index is 0.00885. The minimum atomic E-state index is -1.09. The van der Waals surface area contributed by atoms with Crippen LogP contribution in [0.3, 0.4) is 0 Å². The van der Waals surface area contributed by atoms with Gasteiger partial charge in [-0.3, -0.25) is 14.4 Å². The minimum Gasteiger partial charge on any atom is -0.354 e. The fraction of sp³-hybridized carbons (Fsp3) is 0.526. The molecule has 0 spiro atoms. The summed E-state index contributed by atoms with van der Waals surface area (Å²) in [5.41, 5.74) is 5.39. The first-order valence-corrected chi connectivity index (χ1v) is 9.17. The van der Waals surface area contributed by atoms with E-state index in [0.717, 1.165) is 31.4 Å². The monoisotopic (exact) mass is 381 g/mol. The number of hydrogen-bond acceptors (Lipinski definition) is 4. The average molecular weight is 381 g/mol. The fourth-order valence-corrected chi connectivity index (χ4v) is 3.17. The Kier molecular flexibility index (Phi) is 7.84. The van der Waals surface area contributed by atoms with Gasteiger partial charge in [0, 0.05) is 50.5 Å². The molecule has 0 aliphatic carbocycles. The Morgan fingerprint density at radius 3 is 2.59 bits per heavy atom. The van der Waals surface area contributed by atoms with Crippen LogP contribution in [0.25, 0.3) is 0 Å². The molecule has 148 valence electrons. The molecule has 1 aliphatic heterocycles. The first-order chi connectivity index (χ1) is 12.9. The second kappa shape index (κ2) is 10.1. The van der Waals surface area contributed by atoms with Crippen molar-refractivity contribution in [2.24, 2.45) is 5.73 Å². The second-order valence-electron chi connectivity index (χ2n) is 6.63. The molecule has 0 saturated carbocycles. The van der Waals surface area contributed by atoms with E-state index in [4.69, 9.17) is 5.73 Å². The van der Waals surface area contributed by atoms with Crippen molar-refractivity contribution < 1.29 is 23.2 Å². The van der Waals surface area contributed by atoms with E-state index in [1.54, 1.807) is 4.90 Å². The molecule has 2 rings (SSSR count). The van der Waals surface area contributed by atoms with E-state index in [2.05, 4.69) is 5.32 Å². The molecule has 1 fully saturated rings. The van der Waals surface area contributed by atoms with Crippen molar-refractivity contribution in [3.63, 3.8) is 0 Å². The van der Waals surface area contributed by atoms with Gasteiger partial charge < -0.3 is 16.0 Å². The van der Waals surface area contributed by atoms with E-state index in [-0.39, 0.29) is 49.2 Å². The normalized spacial score (nSPS) is 16.9. The van der Waals surface area contributed by atoms with Gasteiger partial charge in [0.05, 0.1) is 0 Å².